The first kappa shape index (κ1) is 31.1. The first-order chi connectivity index (χ1) is 18.2. The Bertz CT molecular complexity index is 970. The minimum Gasteiger partial charge on any atom is -0.504 e. The first-order valence-electron chi connectivity index (χ1n) is 13.7. The number of aliphatic hydroxyl groups is 2. The highest BCUT2D eigenvalue weighted by Gasteiger charge is 2.34. The van der Waals surface area contributed by atoms with Crippen LogP contribution in [0.15, 0.2) is 45.3 Å². The van der Waals surface area contributed by atoms with E-state index in [-0.39, 0.29) is 45.4 Å². The van der Waals surface area contributed by atoms with Gasteiger partial charge in [0.25, 0.3) is 0 Å². The second-order valence-electron chi connectivity index (χ2n) is 10.0. The Kier molecular flexibility index (Phi) is 12.5. The van der Waals surface area contributed by atoms with Gasteiger partial charge in [0.1, 0.15) is 0 Å². The monoisotopic (exact) mass is 530 g/mol. The minimum atomic E-state index is -0.530. The van der Waals surface area contributed by atoms with E-state index in [4.69, 9.17) is 9.47 Å². The molecule has 0 heterocycles. The minimum absolute atomic E-state index is 0.0310. The lowest BCUT2D eigenvalue weighted by Crippen LogP contribution is -2.24. The lowest BCUT2D eigenvalue weighted by atomic mass is 9.90. The molecule has 0 unspecified atom stereocenters. The van der Waals surface area contributed by atoms with Crippen molar-refractivity contribution in [1.82, 2.24) is 0 Å². The van der Waals surface area contributed by atoms with Crippen molar-refractivity contribution >= 4 is 23.1 Å². The molecule has 0 fully saturated rings. The van der Waals surface area contributed by atoms with Crippen molar-refractivity contribution in [2.75, 3.05) is 14.2 Å². The molecule has 210 valence electrons. The number of methoxy groups -OCH3 is 2. The molecule has 8 heteroatoms. The number of Topliss-reactive ketones (excluding diaryl/α,β-unsaturated/α-hetero) is 4. The van der Waals surface area contributed by atoms with Gasteiger partial charge in [0, 0.05) is 22.3 Å². The van der Waals surface area contributed by atoms with Crippen molar-refractivity contribution in [3.05, 3.63) is 45.3 Å². The summed E-state index contributed by atoms with van der Waals surface area (Å²) in [5.41, 5.74) is 0.631. The summed E-state index contributed by atoms with van der Waals surface area (Å²) in [7, 11) is 2.72. The second kappa shape index (κ2) is 15.3. The zero-order valence-electron chi connectivity index (χ0n) is 23.2. The summed E-state index contributed by atoms with van der Waals surface area (Å²) in [5.74, 6) is -2.65. The maximum atomic E-state index is 12.4. The summed E-state index contributed by atoms with van der Waals surface area (Å²) in [4.78, 5) is 49.0. The van der Waals surface area contributed by atoms with Crippen LogP contribution in [0.2, 0.25) is 0 Å². The predicted molar refractivity (Wildman–Crippen MR) is 143 cm³/mol. The van der Waals surface area contributed by atoms with Crippen LogP contribution in [0.4, 0.5) is 0 Å². The van der Waals surface area contributed by atoms with Gasteiger partial charge in [0.2, 0.25) is 23.1 Å². The maximum absolute atomic E-state index is 12.4. The number of ether oxygens (including phenoxy) is 2. The Morgan fingerprint density at radius 3 is 1.00 bits per heavy atom. The van der Waals surface area contributed by atoms with Crippen molar-refractivity contribution in [3.63, 3.8) is 0 Å². The van der Waals surface area contributed by atoms with Crippen LogP contribution in [-0.2, 0) is 28.7 Å². The molecule has 0 amide bonds. The van der Waals surface area contributed by atoms with Crippen molar-refractivity contribution in [3.8, 4) is 0 Å². The lowest BCUT2D eigenvalue weighted by Gasteiger charge is -2.18. The van der Waals surface area contributed by atoms with Gasteiger partial charge in [-0.2, -0.15) is 0 Å². The Hall–Kier alpha value is -3.16. The standard InChI is InChI=1S/C30H42O8/c1-19-23(31)25(33)21(27(35)29(19)37-3)17-15-13-11-9-7-5-6-8-10-12-14-16-18-22-26(34)24(32)20(2)30(38-4)28(22)36/h33-34H,5-18H2,1-4H3. The molecule has 0 spiro atoms. The molecule has 0 aromatic rings. The summed E-state index contributed by atoms with van der Waals surface area (Å²) in [6, 6.07) is 0. The van der Waals surface area contributed by atoms with Crippen LogP contribution in [0, 0.1) is 0 Å². The third kappa shape index (κ3) is 7.68. The third-order valence-electron chi connectivity index (χ3n) is 7.34. The molecule has 2 N–H and O–H groups in total. The van der Waals surface area contributed by atoms with Gasteiger partial charge in [0.05, 0.1) is 14.2 Å². The molecular weight excluding hydrogens is 488 g/mol. The fraction of sp³-hybridized carbons (Fsp3) is 0.600. The average molecular weight is 531 g/mol. The van der Waals surface area contributed by atoms with E-state index in [9.17, 15) is 29.4 Å². The quantitative estimate of drug-likeness (QED) is 0.168. The highest BCUT2D eigenvalue weighted by atomic mass is 16.5. The van der Waals surface area contributed by atoms with Crippen LogP contribution in [0.25, 0.3) is 0 Å². The molecule has 0 bridgehead atoms. The van der Waals surface area contributed by atoms with Crippen molar-refractivity contribution in [2.45, 2.75) is 104 Å². The van der Waals surface area contributed by atoms with E-state index in [1.165, 1.54) is 40.9 Å². The Morgan fingerprint density at radius 2 is 0.737 bits per heavy atom. The molecule has 0 aromatic heterocycles. The fourth-order valence-electron chi connectivity index (χ4n) is 4.99. The summed E-state index contributed by atoms with van der Waals surface area (Å²) in [5, 5.41) is 20.2. The molecule has 0 atom stereocenters. The maximum Gasteiger partial charge on any atom is 0.227 e. The topological polar surface area (TPSA) is 127 Å². The molecule has 2 aliphatic rings. The van der Waals surface area contributed by atoms with Gasteiger partial charge in [0.15, 0.2) is 23.0 Å². The van der Waals surface area contributed by atoms with E-state index >= 15 is 0 Å². The molecule has 2 aliphatic carbocycles. The number of carbonyl (C=O) groups is 4. The molecule has 8 nitrogen and oxygen atoms in total. The number of carbonyl (C=O) groups excluding carboxylic acids is 4. The second-order valence-corrected chi connectivity index (χ2v) is 10.0. The Balaban J connectivity index is 1.50. The highest BCUT2D eigenvalue weighted by molar-refractivity contribution is 6.23. The van der Waals surface area contributed by atoms with Crippen LogP contribution in [-0.4, -0.2) is 47.6 Å². The third-order valence-corrected chi connectivity index (χ3v) is 7.34. The smallest absolute Gasteiger partial charge is 0.227 e. The molecule has 0 saturated heterocycles. The summed E-state index contributed by atoms with van der Waals surface area (Å²) < 4.78 is 10.1. The van der Waals surface area contributed by atoms with Crippen molar-refractivity contribution < 1.29 is 38.9 Å². The van der Waals surface area contributed by atoms with Crippen molar-refractivity contribution in [2.24, 2.45) is 0 Å². The molecule has 0 radical (unpaired) electrons. The number of hydrogen-bond donors (Lipinski definition) is 2. The van der Waals surface area contributed by atoms with Crippen LogP contribution in [0.1, 0.15) is 104 Å². The fourth-order valence-corrected chi connectivity index (χ4v) is 4.99. The Morgan fingerprint density at radius 1 is 0.474 bits per heavy atom. The van der Waals surface area contributed by atoms with Gasteiger partial charge in [-0.1, -0.05) is 64.2 Å². The first-order valence-corrected chi connectivity index (χ1v) is 13.7. The number of rotatable bonds is 17. The van der Waals surface area contributed by atoms with E-state index in [2.05, 4.69) is 0 Å². The van der Waals surface area contributed by atoms with Gasteiger partial charge >= 0.3 is 0 Å². The van der Waals surface area contributed by atoms with Crippen LogP contribution in [0.3, 0.4) is 0 Å². The van der Waals surface area contributed by atoms with Crippen molar-refractivity contribution in [1.29, 1.82) is 0 Å². The van der Waals surface area contributed by atoms with E-state index in [0.29, 0.717) is 12.8 Å². The zero-order chi connectivity index (χ0) is 28.2. The Labute approximate surface area is 225 Å². The lowest BCUT2D eigenvalue weighted by molar-refractivity contribution is -0.120. The number of aliphatic hydroxyl groups excluding tert-OH is 2. The largest absolute Gasteiger partial charge is 0.504 e. The van der Waals surface area contributed by atoms with Crippen LogP contribution < -0.4 is 0 Å². The molecule has 2 rings (SSSR count). The molecule has 0 saturated carbocycles. The van der Waals surface area contributed by atoms with Gasteiger partial charge < -0.3 is 19.7 Å². The van der Waals surface area contributed by atoms with Crippen LogP contribution in [0.5, 0.6) is 0 Å². The van der Waals surface area contributed by atoms with Gasteiger partial charge in [-0.05, 0) is 39.5 Å². The molecule has 0 aromatic carbocycles. The zero-order valence-corrected chi connectivity index (χ0v) is 23.2. The van der Waals surface area contributed by atoms with Crippen LogP contribution >= 0.6 is 0 Å². The van der Waals surface area contributed by atoms with Gasteiger partial charge in [-0.3, -0.25) is 19.2 Å². The normalized spacial score (nSPS) is 16.8. The number of ketones is 4. The molecule has 0 aliphatic heterocycles. The summed E-state index contributed by atoms with van der Waals surface area (Å²) >= 11 is 0. The summed E-state index contributed by atoms with van der Waals surface area (Å²) in [6.07, 6.45) is 13.1. The van der Waals surface area contributed by atoms with E-state index in [1.807, 2.05) is 0 Å². The van der Waals surface area contributed by atoms with E-state index in [1.54, 1.807) is 0 Å². The average Bonchev–Trinajstić information content (AvgIpc) is 2.90. The molecular formula is C30H42O8. The SMILES string of the molecule is COC1=C(C)C(=O)C(O)=C(CCCCCCCCCCCCCCC2=C(O)C(=O)C(C)=C(OC)C2=O)C1=O. The van der Waals surface area contributed by atoms with E-state index < -0.39 is 23.1 Å². The number of unbranched alkanes of at least 4 members (excludes halogenated alkanes) is 11. The number of hydrogen-bond acceptors (Lipinski definition) is 8. The van der Waals surface area contributed by atoms with Gasteiger partial charge in [-0.25, -0.2) is 0 Å². The summed E-state index contributed by atoms with van der Waals surface area (Å²) in [6.45, 7) is 2.97. The van der Waals surface area contributed by atoms with E-state index in [0.717, 1.165) is 64.2 Å². The highest BCUT2D eigenvalue weighted by Crippen LogP contribution is 2.28. The van der Waals surface area contributed by atoms with Gasteiger partial charge in [-0.15, -0.1) is 0 Å². The molecule has 38 heavy (non-hydrogen) atoms. The predicted octanol–water partition coefficient (Wildman–Crippen LogP) is 6.22. The number of allylic oxidation sites excluding steroid dienone is 4.